The molecule has 1 aromatic heterocycles. The number of benzene rings is 4. The molecule has 0 saturated heterocycles. The molecule has 0 aliphatic carbocycles. The number of para-hydroxylation sites is 2. The maximum absolute atomic E-state index is 13.1. The molecular weight excluding hydrogens is 476 g/mol. The number of aliphatic imine (C=N–C) groups is 1. The van der Waals surface area contributed by atoms with Crippen molar-refractivity contribution in [1.82, 2.24) is 0 Å². The van der Waals surface area contributed by atoms with Gasteiger partial charge in [0.25, 0.3) is 0 Å². The van der Waals surface area contributed by atoms with Gasteiger partial charge in [-0.2, -0.15) is 0 Å². The van der Waals surface area contributed by atoms with Crippen LogP contribution in [0.3, 0.4) is 0 Å². The number of carbonyl (C=O) groups excluding carboxylic acids is 1. The molecule has 0 bridgehead atoms. The third-order valence-electron chi connectivity index (χ3n) is 7.01. The van der Waals surface area contributed by atoms with Gasteiger partial charge in [-0.1, -0.05) is 54.6 Å². The van der Waals surface area contributed by atoms with E-state index in [9.17, 15) is 9.90 Å². The zero-order valence-corrected chi connectivity index (χ0v) is 21.1. The third-order valence-corrected chi connectivity index (χ3v) is 7.01. The van der Waals surface area contributed by atoms with Gasteiger partial charge in [0.2, 0.25) is 5.78 Å². The normalized spacial score (nSPS) is 14.8. The summed E-state index contributed by atoms with van der Waals surface area (Å²) < 4.78 is 11.3. The number of phenolic OH excluding ortho intramolecular Hbond substituents is 1. The van der Waals surface area contributed by atoms with Gasteiger partial charge in [-0.25, -0.2) is 0 Å². The number of rotatable bonds is 5. The molecule has 6 heteroatoms. The second-order valence-electron chi connectivity index (χ2n) is 9.37. The SMILES string of the molecule is COc1ccc(C2CC(c3cc4c(C)c(C(=O)c5ccccc5)oc4cc3O)=Nc3ccccc3N2)cc1. The summed E-state index contributed by atoms with van der Waals surface area (Å²) in [5.74, 6) is 0.922. The van der Waals surface area contributed by atoms with E-state index in [1.165, 1.54) is 0 Å². The predicted molar refractivity (Wildman–Crippen MR) is 149 cm³/mol. The van der Waals surface area contributed by atoms with E-state index in [1.54, 1.807) is 25.3 Å². The minimum Gasteiger partial charge on any atom is -0.507 e. The number of carbonyl (C=O) groups is 1. The standard InChI is InChI=1S/C32H26N2O4/c1-19-23-16-24(29(35)18-30(23)38-32(19)31(36)21-8-4-3-5-9-21)28-17-27(20-12-14-22(37-2)15-13-20)33-25-10-6-7-11-26(25)34-28/h3-16,18,27,33,35H,17H2,1-2H3. The van der Waals surface area contributed by atoms with E-state index in [0.717, 1.165) is 39.3 Å². The summed E-state index contributed by atoms with van der Waals surface area (Å²) in [4.78, 5) is 18.1. The molecule has 0 spiro atoms. The smallest absolute Gasteiger partial charge is 0.228 e. The highest BCUT2D eigenvalue weighted by molar-refractivity contribution is 6.12. The van der Waals surface area contributed by atoms with Crippen molar-refractivity contribution in [2.75, 3.05) is 12.4 Å². The number of fused-ring (bicyclic) bond motifs is 2. The van der Waals surface area contributed by atoms with Crippen LogP contribution in [0.25, 0.3) is 11.0 Å². The molecular formula is C32H26N2O4. The molecule has 6 nitrogen and oxygen atoms in total. The van der Waals surface area contributed by atoms with Gasteiger partial charge in [0.1, 0.15) is 17.1 Å². The predicted octanol–water partition coefficient (Wildman–Crippen LogP) is 7.36. The zero-order chi connectivity index (χ0) is 26.2. The van der Waals surface area contributed by atoms with Gasteiger partial charge in [-0.3, -0.25) is 9.79 Å². The molecule has 188 valence electrons. The number of hydrogen-bond donors (Lipinski definition) is 2. The number of aryl methyl sites for hydroxylation is 1. The van der Waals surface area contributed by atoms with Gasteiger partial charge in [0.05, 0.1) is 30.2 Å². The summed E-state index contributed by atoms with van der Waals surface area (Å²) in [5.41, 5.74) is 5.87. The highest BCUT2D eigenvalue weighted by atomic mass is 16.5. The highest BCUT2D eigenvalue weighted by Gasteiger charge is 2.25. The first-order valence-corrected chi connectivity index (χ1v) is 12.4. The van der Waals surface area contributed by atoms with E-state index in [1.807, 2.05) is 79.7 Å². The first kappa shape index (κ1) is 23.6. The minimum atomic E-state index is -0.190. The molecule has 2 N–H and O–H groups in total. The van der Waals surface area contributed by atoms with Gasteiger partial charge in [0, 0.05) is 34.6 Å². The van der Waals surface area contributed by atoms with Gasteiger partial charge < -0.3 is 19.6 Å². The molecule has 4 aromatic carbocycles. The maximum atomic E-state index is 13.1. The van der Waals surface area contributed by atoms with Gasteiger partial charge in [-0.05, 0) is 42.8 Å². The monoisotopic (exact) mass is 502 g/mol. The summed E-state index contributed by atoms with van der Waals surface area (Å²) in [7, 11) is 1.65. The average molecular weight is 503 g/mol. The van der Waals surface area contributed by atoms with Crippen molar-refractivity contribution in [3.8, 4) is 11.5 Å². The Hall–Kier alpha value is -4.84. The number of phenols is 1. The number of anilines is 1. The molecule has 5 aromatic rings. The average Bonchev–Trinajstić information content (AvgIpc) is 3.14. The Morgan fingerprint density at radius 2 is 1.74 bits per heavy atom. The summed E-state index contributed by atoms with van der Waals surface area (Å²) in [6.07, 6.45) is 0.535. The summed E-state index contributed by atoms with van der Waals surface area (Å²) in [6.45, 7) is 1.87. The van der Waals surface area contributed by atoms with Crippen molar-refractivity contribution in [1.29, 1.82) is 0 Å². The number of nitrogens with zero attached hydrogens (tertiary/aromatic N) is 1. The molecule has 0 amide bonds. The first-order chi connectivity index (χ1) is 18.5. The lowest BCUT2D eigenvalue weighted by molar-refractivity contribution is 0.101. The second-order valence-corrected chi connectivity index (χ2v) is 9.37. The van der Waals surface area contributed by atoms with E-state index in [2.05, 4.69) is 5.32 Å². The Kier molecular flexibility index (Phi) is 5.92. The summed E-state index contributed by atoms with van der Waals surface area (Å²) in [5, 5.41) is 15.5. The lowest BCUT2D eigenvalue weighted by Gasteiger charge is -2.20. The Morgan fingerprint density at radius 3 is 2.50 bits per heavy atom. The van der Waals surface area contributed by atoms with Gasteiger partial charge >= 0.3 is 0 Å². The van der Waals surface area contributed by atoms with E-state index in [-0.39, 0.29) is 23.3 Å². The fraction of sp³-hybridized carbons (Fsp3) is 0.125. The van der Waals surface area contributed by atoms with E-state index >= 15 is 0 Å². The second kappa shape index (κ2) is 9.56. The van der Waals surface area contributed by atoms with Crippen LogP contribution >= 0.6 is 0 Å². The number of hydrogen-bond acceptors (Lipinski definition) is 6. The number of nitrogens with one attached hydrogen (secondary N) is 1. The number of methoxy groups -OCH3 is 1. The van der Waals surface area contributed by atoms with Crippen LogP contribution in [0.5, 0.6) is 11.5 Å². The molecule has 0 fully saturated rings. The molecule has 1 unspecified atom stereocenters. The van der Waals surface area contributed by atoms with Gasteiger partial charge in [0.15, 0.2) is 5.76 Å². The lowest BCUT2D eigenvalue weighted by atomic mass is 9.95. The maximum Gasteiger partial charge on any atom is 0.228 e. The van der Waals surface area contributed by atoms with Crippen molar-refractivity contribution in [3.63, 3.8) is 0 Å². The van der Waals surface area contributed by atoms with Crippen molar-refractivity contribution >= 4 is 33.8 Å². The van der Waals surface area contributed by atoms with E-state index in [0.29, 0.717) is 23.1 Å². The number of ether oxygens (including phenoxy) is 1. The quantitative estimate of drug-likeness (QED) is 0.245. The molecule has 1 aliphatic heterocycles. The lowest BCUT2D eigenvalue weighted by Crippen LogP contribution is -2.14. The van der Waals surface area contributed by atoms with Crippen LogP contribution in [0.1, 0.15) is 45.3 Å². The summed E-state index contributed by atoms with van der Waals surface area (Å²) in [6, 6.07) is 28.2. The molecule has 0 saturated carbocycles. The van der Waals surface area contributed by atoms with E-state index < -0.39 is 0 Å². The van der Waals surface area contributed by atoms with Crippen LogP contribution in [-0.4, -0.2) is 23.7 Å². The molecule has 2 heterocycles. The highest BCUT2D eigenvalue weighted by Crippen LogP contribution is 2.39. The summed E-state index contributed by atoms with van der Waals surface area (Å²) >= 11 is 0. The van der Waals surface area contributed by atoms with Crippen molar-refractivity contribution in [3.05, 3.63) is 119 Å². The van der Waals surface area contributed by atoms with Crippen molar-refractivity contribution < 1.29 is 19.1 Å². The molecule has 6 rings (SSSR count). The van der Waals surface area contributed by atoms with Crippen LogP contribution in [-0.2, 0) is 0 Å². The van der Waals surface area contributed by atoms with Crippen LogP contribution in [0, 0.1) is 6.92 Å². The van der Waals surface area contributed by atoms with Crippen LogP contribution in [0.15, 0.2) is 100 Å². The van der Waals surface area contributed by atoms with E-state index in [4.69, 9.17) is 14.1 Å². The van der Waals surface area contributed by atoms with Crippen molar-refractivity contribution in [2.24, 2.45) is 4.99 Å². The topological polar surface area (TPSA) is 84.1 Å². The Labute approximate surface area is 220 Å². The Bertz CT molecular complexity index is 1680. The van der Waals surface area contributed by atoms with Crippen molar-refractivity contribution in [2.45, 2.75) is 19.4 Å². The zero-order valence-electron chi connectivity index (χ0n) is 21.1. The van der Waals surface area contributed by atoms with Crippen LogP contribution < -0.4 is 10.1 Å². The van der Waals surface area contributed by atoms with Crippen LogP contribution in [0.4, 0.5) is 11.4 Å². The fourth-order valence-electron chi connectivity index (χ4n) is 4.95. The fourth-order valence-corrected chi connectivity index (χ4v) is 4.95. The molecule has 0 radical (unpaired) electrons. The molecule has 38 heavy (non-hydrogen) atoms. The number of furan rings is 1. The third kappa shape index (κ3) is 4.20. The molecule has 1 atom stereocenters. The number of ketones is 1. The van der Waals surface area contributed by atoms with Gasteiger partial charge in [-0.15, -0.1) is 0 Å². The Balaban J connectivity index is 1.45. The Morgan fingerprint density at radius 1 is 1.00 bits per heavy atom. The minimum absolute atomic E-state index is 0.0524. The molecule has 1 aliphatic rings. The largest absolute Gasteiger partial charge is 0.507 e. The van der Waals surface area contributed by atoms with Crippen LogP contribution in [0.2, 0.25) is 0 Å². The first-order valence-electron chi connectivity index (χ1n) is 12.4. The number of aromatic hydroxyl groups is 1.